The van der Waals surface area contributed by atoms with E-state index in [1.165, 1.54) is 0 Å². The zero-order chi connectivity index (χ0) is 9.54. The number of nitrogens with zero attached hydrogens (tertiary/aromatic N) is 2. The monoisotopic (exact) mass is 206 g/mol. The average Bonchev–Trinajstić information content (AvgIpc) is 2.56. The van der Waals surface area contributed by atoms with Crippen molar-refractivity contribution in [3.8, 4) is 0 Å². The van der Waals surface area contributed by atoms with Crippen LogP contribution in [0.3, 0.4) is 0 Å². The van der Waals surface area contributed by atoms with Gasteiger partial charge in [0, 0.05) is 5.75 Å². The minimum Gasteiger partial charge on any atom is -0.390 e. The molecule has 1 aromatic carbocycles. The van der Waals surface area contributed by atoms with E-state index in [1.807, 2.05) is 24.3 Å². The number of imidazole rings is 1. The number of aliphatic hydroxyl groups excluding tert-OH is 1. The van der Waals surface area contributed by atoms with Gasteiger partial charge in [0.25, 0.3) is 0 Å². The molecule has 1 aliphatic rings. The lowest BCUT2D eigenvalue weighted by atomic mass is 10.3. The van der Waals surface area contributed by atoms with Gasteiger partial charge in [0.05, 0.1) is 23.7 Å². The van der Waals surface area contributed by atoms with Crippen LogP contribution in [0.25, 0.3) is 11.0 Å². The predicted molar refractivity (Wildman–Crippen MR) is 56.5 cm³/mol. The molecular weight excluding hydrogens is 196 g/mol. The molecule has 0 spiro atoms. The molecule has 0 unspecified atom stereocenters. The van der Waals surface area contributed by atoms with Crippen molar-refractivity contribution in [2.45, 2.75) is 17.8 Å². The van der Waals surface area contributed by atoms with E-state index in [1.54, 1.807) is 11.8 Å². The minimum atomic E-state index is -0.245. The fraction of sp³-hybridized carbons (Fsp3) is 0.300. The molecule has 3 rings (SSSR count). The van der Waals surface area contributed by atoms with Crippen LogP contribution in [-0.4, -0.2) is 26.5 Å². The molecular formula is C10H10N2OS. The van der Waals surface area contributed by atoms with Crippen molar-refractivity contribution in [3.63, 3.8) is 0 Å². The van der Waals surface area contributed by atoms with Crippen LogP contribution in [0.1, 0.15) is 0 Å². The molecule has 0 fully saturated rings. The van der Waals surface area contributed by atoms with Crippen LogP contribution in [0.15, 0.2) is 29.4 Å². The highest BCUT2D eigenvalue weighted by Gasteiger charge is 2.19. The van der Waals surface area contributed by atoms with Crippen LogP contribution in [-0.2, 0) is 6.54 Å². The van der Waals surface area contributed by atoms with E-state index >= 15 is 0 Å². The van der Waals surface area contributed by atoms with Gasteiger partial charge in [0.2, 0.25) is 0 Å². The molecule has 0 saturated carbocycles. The number of hydrogen-bond acceptors (Lipinski definition) is 3. The van der Waals surface area contributed by atoms with Gasteiger partial charge >= 0.3 is 0 Å². The number of benzene rings is 1. The molecule has 2 aromatic rings. The fourth-order valence-corrected chi connectivity index (χ4v) is 2.71. The topological polar surface area (TPSA) is 38.1 Å². The molecule has 1 atom stereocenters. The van der Waals surface area contributed by atoms with E-state index in [-0.39, 0.29) is 6.10 Å². The van der Waals surface area contributed by atoms with Gasteiger partial charge < -0.3 is 9.67 Å². The van der Waals surface area contributed by atoms with E-state index in [9.17, 15) is 5.11 Å². The van der Waals surface area contributed by atoms with Crippen LogP contribution >= 0.6 is 11.8 Å². The Balaban J connectivity index is 2.25. The van der Waals surface area contributed by atoms with Crippen molar-refractivity contribution in [1.82, 2.24) is 9.55 Å². The van der Waals surface area contributed by atoms with Crippen LogP contribution in [0.4, 0.5) is 0 Å². The lowest BCUT2D eigenvalue weighted by Gasteiger charge is -2.18. The van der Waals surface area contributed by atoms with E-state index in [0.29, 0.717) is 6.54 Å². The molecule has 1 aliphatic heterocycles. The van der Waals surface area contributed by atoms with Crippen molar-refractivity contribution < 1.29 is 5.11 Å². The number of fused-ring (bicyclic) bond motifs is 3. The summed E-state index contributed by atoms with van der Waals surface area (Å²) in [4.78, 5) is 4.50. The molecule has 0 amide bonds. The summed E-state index contributed by atoms with van der Waals surface area (Å²) in [7, 11) is 0. The minimum absolute atomic E-state index is 0.245. The lowest BCUT2D eigenvalue weighted by Crippen LogP contribution is -2.23. The summed E-state index contributed by atoms with van der Waals surface area (Å²) in [6.07, 6.45) is -0.245. The fourth-order valence-electron chi connectivity index (χ4n) is 1.77. The third-order valence-electron chi connectivity index (χ3n) is 2.42. The number of para-hydroxylation sites is 2. The van der Waals surface area contributed by atoms with Crippen LogP contribution in [0, 0.1) is 0 Å². The quantitative estimate of drug-likeness (QED) is 0.710. The normalized spacial score (nSPS) is 21.1. The van der Waals surface area contributed by atoms with Crippen molar-refractivity contribution in [1.29, 1.82) is 0 Å². The highest BCUT2D eigenvalue weighted by atomic mass is 32.2. The first kappa shape index (κ1) is 8.32. The van der Waals surface area contributed by atoms with Crippen molar-refractivity contribution in [2.75, 3.05) is 5.75 Å². The number of rotatable bonds is 0. The number of hydrogen-bond donors (Lipinski definition) is 1. The Hall–Kier alpha value is -1.00. The Morgan fingerprint density at radius 2 is 2.29 bits per heavy atom. The van der Waals surface area contributed by atoms with Crippen LogP contribution in [0.2, 0.25) is 0 Å². The Labute approximate surface area is 85.8 Å². The van der Waals surface area contributed by atoms with Gasteiger partial charge in [-0.1, -0.05) is 23.9 Å². The molecule has 0 radical (unpaired) electrons. The number of aromatic nitrogens is 2. The second kappa shape index (κ2) is 3.00. The molecule has 72 valence electrons. The summed E-state index contributed by atoms with van der Waals surface area (Å²) < 4.78 is 2.09. The average molecular weight is 206 g/mol. The van der Waals surface area contributed by atoms with Crippen molar-refractivity contribution in [3.05, 3.63) is 24.3 Å². The van der Waals surface area contributed by atoms with Gasteiger partial charge in [-0.25, -0.2) is 4.98 Å². The molecule has 1 aromatic heterocycles. The van der Waals surface area contributed by atoms with E-state index in [4.69, 9.17) is 0 Å². The first-order valence-corrected chi connectivity index (χ1v) is 5.59. The second-order valence-electron chi connectivity index (χ2n) is 3.46. The molecule has 2 heterocycles. The van der Waals surface area contributed by atoms with Gasteiger partial charge in [-0.15, -0.1) is 0 Å². The smallest absolute Gasteiger partial charge is 0.169 e. The first-order valence-electron chi connectivity index (χ1n) is 4.61. The number of thioether (sulfide) groups is 1. The van der Waals surface area contributed by atoms with Crippen molar-refractivity contribution >= 4 is 22.8 Å². The Morgan fingerprint density at radius 1 is 1.43 bits per heavy atom. The molecule has 1 N–H and O–H groups in total. The van der Waals surface area contributed by atoms with E-state index in [0.717, 1.165) is 21.9 Å². The van der Waals surface area contributed by atoms with Gasteiger partial charge in [-0.2, -0.15) is 0 Å². The maximum atomic E-state index is 9.56. The summed E-state index contributed by atoms with van der Waals surface area (Å²) in [5.74, 6) is 0.753. The van der Waals surface area contributed by atoms with E-state index in [2.05, 4.69) is 9.55 Å². The summed E-state index contributed by atoms with van der Waals surface area (Å²) in [6, 6.07) is 8.05. The Kier molecular flexibility index (Phi) is 1.78. The summed E-state index contributed by atoms with van der Waals surface area (Å²) in [6.45, 7) is 0.669. The van der Waals surface area contributed by atoms with Crippen LogP contribution in [0.5, 0.6) is 0 Å². The van der Waals surface area contributed by atoms with Gasteiger partial charge in [-0.3, -0.25) is 0 Å². The first-order chi connectivity index (χ1) is 6.84. The third-order valence-corrected chi connectivity index (χ3v) is 3.54. The largest absolute Gasteiger partial charge is 0.390 e. The zero-order valence-electron chi connectivity index (χ0n) is 7.55. The lowest BCUT2D eigenvalue weighted by molar-refractivity contribution is 0.172. The Bertz CT molecular complexity index is 480. The molecule has 0 aliphatic carbocycles. The zero-order valence-corrected chi connectivity index (χ0v) is 8.37. The van der Waals surface area contributed by atoms with Gasteiger partial charge in [-0.05, 0) is 12.1 Å². The maximum Gasteiger partial charge on any atom is 0.169 e. The molecule has 14 heavy (non-hydrogen) atoms. The number of aliphatic hydroxyl groups is 1. The summed E-state index contributed by atoms with van der Waals surface area (Å²) >= 11 is 1.62. The predicted octanol–water partition coefficient (Wildman–Crippen LogP) is 1.50. The Morgan fingerprint density at radius 3 is 3.21 bits per heavy atom. The van der Waals surface area contributed by atoms with E-state index < -0.39 is 0 Å². The maximum absolute atomic E-state index is 9.56. The molecule has 4 heteroatoms. The highest BCUT2D eigenvalue weighted by Crippen LogP contribution is 2.28. The highest BCUT2D eigenvalue weighted by molar-refractivity contribution is 7.99. The molecule has 0 saturated heterocycles. The SMILES string of the molecule is O[C@H]1CSc2nc3ccccc3n2C1. The standard InChI is InChI=1S/C10H10N2OS/c13-7-5-12-9-4-2-1-3-8(9)11-10(12)14-6-7/h1-4,7,13H,5-6H2/t7-/m1/s1. The summed E-state index contributed by atoms with van der Waals surface area (Å²) in [5.41, 5.74) is 2.14. The second-order valence-corrected chi connectivity index (χ2v) is 4.45. The van der Waals surface area contributed by atoms with Gasteiger partial charge in [0.15, 0.2) is 5.16 Å². The summed E-state index contributed by atoms with van der Waals surface area (Å²) in [5, 5.41) is 10.6. The molecule has 3 nitrogen and oxygen atoms in total. The third kappa shape index (κ3) is 1.14. The van der Waals surface area contributed by atoms with Gasteiger partial charge in [0.1, 0.15) is 0 Å². The van der Waals surface area contributed by atoms with Crippen LogP contribution < -0.4 is 0 Å². The molecule has 0 bridgehead atoms. The van der Waals surface area contributed by atoms with Crippen molar-refractivity contribution in [2.24, 2.45) is 0 Å².